The maximum Gasteiger partial charge on any atom is 0.0725 e. The maximum atomic E-state index is 5.83. The molecule has 2 aliphatic rings. The van der Waals surface area contributed by atoms with E-state index in [1.54, 1.807) is 0 Å². The van der Waals surface area contributed by atoms with Crippen molar-refractivity contribution in [3.8, 4) is 0 Å². The lowest BCUT2D eigenvalue weighted by Crippen LogP contribution is -2.53. The second-order valence-electron chi connectivity index (χ2n) is 5.71. The minimum absolute atomic E-state index is 0.445. The summed E-state index contributed by atoms with van der Waals surface area (Å²) in [6.07, 6.45) is 3.17. The van der Waals surface area contributed by atoms with Crippen LogP contribution in [0.25, 0.3) is 0 Å². The number of hydrogen-bond donors (Lipinski definition) is 0. The Balaban J connectivity index is 1.88. The van der Waals surface area contributed by atoms with Gasteiger partial charge in [0, 0.05) is 25.7 Å². The highest BCUT2D eigenvalue weighted by Gasteiger charge is 2.29. The van der Waals surface area contributed by atoms with Gasteiger partial charge in [0.05, 0.1) is 12.7 Å². The quantitative estimate of drug-likeness (QED) is 0.708. The van der Waals surface area contributed by atoms with Gasteiger partial charge in [0.2, 0.25) is 0 Å². The van der Waals surface area contributed by atoms with Crippen molar-refractivity contribution < 1.29 is 4.74 Å². The van der Waals surface area contributed by atoms with Crippen LogP contribution in [0.2, 0.25) is 0 Å². The van der Waals surface area contributed by atoms with Gasteiger partial charge in [-0.25, -0.2) is 0 Å². The summed E-state index contributed by atoms with van der Waals surface area (Å²) in [5, 5.41) is 0. The van der Waals surface area contributed by atoms with E-state index in [2.05, 4.69) is 30.7 Å². The topological polar surface area (TPSA) is 15.7 Å². The summed E-state index contributed by atoms with van der Waals surface area (Å²) in [5.74, 6) is 0.643. The summed E-state index contributed by atoms with van der Waals surface area (Å²) in [4.78, 5) is 5.12. The molecular formula is C13H26N2O. The van der Waals surface area contributed by atoms with E-state index in [9.17, 15) is 0 Å². The van der Waals surface area contributed by atoms with Crippen LogP contribution >= 0.6 is 0 Å². The fourth-order valence-corrected chi connectivity index (χ4v) is 2.87. The minimum Gasteiger partial charge on any atom is -0.375 e. The van der Waals surface area contributed by atoms with Crippen LogP contribution < -0.4 is 0 Å². The molecule has 0 spiro atoms. The van der Waals surface area contributed by atoms with Crippen molar-refractivity contribution in [1.82, 2.24) is 9.80 Å². The Kier molecular flexibility index (Phi) is 4.22. The summed E-state index contributed by atoms with van der Waals surface area (Å²) in [6, 6.07) is 0.767. The van der Waals surface area contributed by atoms with Crippen molar-refractivity contribution >= 4 is 0 Å². The van der Waals surface area contributed by atoms with E-state index in [0.717, 1.165) is 25.7 Å². The molecule has 2 saturated heterocycles. The molecule has 0 amide bonds. The van der Waals surface area contributed by atoms with Gasteiger partial charge in [0.15, 0.2) is 0 Å². The Bertz CT molecular complexity index is 220. The highest BCUT2D eigenvalue weighted by Crippen LogP contribution is 2.20. The minimum atomic E-state index is 0.445. The van der Waals surface area contributed by atoms with Gasteiger partial charge in [-0.2, -0.15) is 0 Å². The number of hydrogen-bond acceptors (Lipinski definition) is 3. The summed E-state index contributed by atoms with van der Waals surface area (Å²) in [5.41, 5.74) is 0. The lowest BCUT2D eigenvalue weighted by Gasteiger charge is -2.43. The number of nitrogens with zero attached hydrogens (tertiary/aromatic N) is 2. The third-order valence-corrected chi connectivity index (χ3v) is 3.98. The van der Waals surface area contributed by atoms with Crippen LogP contribution in [0.5, 0.6) is 0 Å². The largest absolute Gasteiger partial charge is 0.375 e. The molecule has 2 rings (SSSR count). The second-order valence-corrected chi connectivity index (χ2v) is 5.71. The van der Waals surface area contributed by atoms with Crippen LogP contribution in [0.3, 0.4) is 0 Å². The molecule has 0 saturated carbocycles. The SMILES string of the molecule is CC(C)C1CN(C2CCCN(C)C2)CCO1. The van der Waals surface area contributed by atoms with Gasteiger partial charge in [0.25, 0.3) is 0 Å². The average Bonchev–Trinajstić information content (AvgIpc) is 2.29. The van der Waals surface area contributed by atoms with Crippen LogP contribution in [0.15, 0.2) is 0 Å². The number of rotatable bonds is 2. The van der Waals surface area contributed by atoms with Gasteiger partial charge < -0.3 is 9.64 Å². The van der Waals surface area contributed by atoms with Crippen LogP contribution in [0, 0.1) is 5.92 Å². The van der Waals surface area contributed by atoms with Gasteiger partial charge in [-0.3, -0.25) is 4.90 Å². The van der Waals surface area contributed by atoms with Gasteiger partial charge in [-0.1, -0.05) is 13.8 Å². The zero-order valence-electron chi connectivity index (χ0n) is 11.0. The lowest BCUT2D eigenvalue weighted by atomic mass is 10.0. The molecule has 3 heteroatoms. The van der Waals surface area contributed by atoms with Crippen LogP contribution in [0.4, 0.5) is 0 Å². The van der Waals surface area contributed by atoms with Crippen molar-refractivity contribution in [2.45, 2.75) is 38.8 Å². The van der Waals surface area contributed by atoms with Gasteiger partial charge in [-0.15, -0.1) is 0 Å². The molecule has 0 aromatic heterocycles. The third-order valence-electron chi connectivity index (χ3n) is 3.98. The smallest absolute Gasteiger partial charge is 0.0725 e. The van der Waals surface area contributed by atoms with E-state index in [1.807, 2.05) is 0 Å². The predicted octanol–water partition coefficient (Wildman–Crippen LogP) is 1.44. The van der Waals surface area contributed by atoms with Crippen molar-refractivity contribution in [2.24, 2.45) is 5.92 Å². The van der Waals surface area contributed by atoms with Crippen LogP contribution in [-0.2, 0) is 4.74 Å². The van der Waals surface area contributed by atoms with E-state index in [1.165, 1.54) is 25.9 Å². The molecular weight excluding hydrogens is 200 g/mol. The molecule has 0 aromatic rings. The zero-order valence-corrected chi connectivity index (χ0v) is 11.0. The van der Waals surface area contributed by atoms with E-state index >= 15 is 0 Å². The fraction of sp³-hybridized carbons (Fsp3) is 1.00. The molecule has 0 radical (unpaired) electrons. The van der Waals surface area contributed by atoms with Crippen molar-refractivity contribution in [3.05, 3.63) is 0 Å². The highest BCUT2D eigenvalue weighted by atomic mass is 16.5. The highest BCUT2D eigenvalue weighted by molar-refractivity contribution is 4.84. The average molecular weight is 226 g/mol. The summed E-state index contributed by atoms with van der Waals surface area (Å²) in [7, 11) is 2.24. The normalized spacial score (nSPS) is 34.5. The number of morpholine rings is 1. The standard InChI is InChI=1S/C13H26N2O/c1-11(2)13-10-15(7-8-16-13)12-5-4-6-14(3)9-12/h11-13H,4-10H2,1-3H3. The summed E-state index contributed by atoms with van der Waals surface area (Å²) >= 11 is 0. The molecule has 0 aromatic carbocycles. The van der Waals surface area contributed by atoms with Crippen molar-refractivity contribution in [2.75, 3.05) is 39.8 Å². The first kappa shape index (κ1) is 12.3. The Hall–Kier alpha value is -0.120. The van der Waals surface area contributed by atoms with Crippen LogP contribution in [-0.4, -0.2) is 61.8 Å². The number of likely N-dealkylation sites (N-methyl/N-ethyl adjacent to an activating group) is 1. The van der Waals surface area contributed by atoms with E-state index in [4.69, 9.17) is 4.74 Å². The molecule has 94 valence electrons. The molecule has 2 fully saturated rings. The Morgan fingerprint density at radius 2 is 2.00 bits per heavy atom. The molecule has 2 heterocycles. The van der Waals surface area contributed by atoms with Gasteiger partial charge in [0.1, 0.15) is 0 Å². The summed E-state index contributed by atoms with van der Waals surface area (Å²) in [6.45, 7) is 10.2. The first-order chi connectivity index (χ1) is 7.66. The Morgan fingerprint density at radius 3 is 2.69 bits per heavy atom. The van der Waals surface area contributed by atoms with E-state index in [0.29, 0.717) is 12.0 Å². The van der Waals surface area contributed by atoms with E-state index < -0.39 is 0 Å². The predicted molar refractivity (Wildman–Crippen MR) is 66.7 cm³/mol. The molecule has 16 heavy (non-hydrogen) atoms. The maximum absolute atomic E-state index is 5.83. The second kappa shape index (κ2) is 5.48. The molecule has 0 N–H and O–H groups in total. The van der Waals surface area contributed by atoms with Crippen molar-refractivity contribution in [3.63, 3.8) is 0 Å². The first-order valence-corrected chi connectivity index (χ1v) is 6.71. The monoisotopic (exact) mass is 226 g/mol. The lowest BCUT2D eigenvalue weighted by molar-refractivity contribution is -0.0704. The number of likely N-dealkylation sites (tertiary alicyclic amines) is 1. The third kappa shape index (κ3) is 2.96. The van der Waals surface area contributed by atoms with E-state index in [-0.39, 0.29) is 0 Å². The van der Waals surface area contributed by atoms with Crippen LogP contribution in [0.1, 0.15) is 26.7 Å². The molecule has 2 aliphatic heterocycles. The Morgan fingerprint density at radius 1 is 1.19 bits per heavy atom. The molecule has 0 bridgehead atoms. The van der Waals surface area contributed by atoms with Gasteiger partial charge >= 0.3 is 0 Å². The molecule has 2 atom stereocenters. The molecule has 2 unspecified atom stereocenters. The summed E-state index contributed by atoms with van der Waals surface area (Å²) < 4.78 is 5.83. The number of piperidine rings is 1. The van der Waals surface area contributed by atoms with Crippen molar-refractivity contribution in [1.29, 1.82) is 0 Å². The first-order valence-electron chi connectivity index (χ1n) is 6.71. The Labute approximate surface area is 99.7 Å². The van der Waals surface area contributed by atoms with Gasteiger partial charge in [-0.05, 0) is 32.4 Å². The molecule has 0 aliphatic carbocycles. The number of ether oxygens (including phenoxy) is 1. The molecule has 3 nitrogen and oxygen atoms in total. The fourth-order valence-electron chi connectivity index (χ4n) is 2.87. The zero-order chi connectivity index (χ0) is 11.5.